The van der Waals surface area contributed by atoms with Crippen molar-refractivity contribution in [1.82, 2.24) is 0 Å². The van der Waals surface area contributed by atoms with Crippen LogP contribution in [0.4, 0.5) is 22.0 Å². The van der Waals surface area contributed by atoms with Gasteiger partial charge in [0.1, 0.15) is 18.0 Å². The second kappa shape index (κ2) is 10.9. The molecule has 10 heteroatoms. The zero-order valence-corrected chi connectivity index (χ0v) is 18.0. The van der Waals surface area contributed by atoms with Gasteiger partial charge in [-0.2, -0.15) is 22.8 Å². The number of halogens is 5. The Balaban J connectivity index is 1.52. The van der Waals surface area contributed by atoms with Gasteiger partial charge in [0.25, 0.3) is 0 Å². The second-order valence-corrected chi connectivity index (χ2v) is 8.13. The van der Waals surface area contributed by atoms with Crippen LogP contribution < -0.4 is 0 Å². The Morgan fingerprint density at radius 1 is 1.06 bits per heavy atom. The first-order valence-corrected chi connectivity index (χ1v) is 10.8. The molecule has 4 unspecified atom stereocenters. The summed E-state index contributed by atoms with van der Waals surface area (Å²) < 4.78 is 92.1. The third-order valence-corrected chi connectivity index (χ3v) is 5.61. The zero-order chi connectivity index (χ0) is 24.1. The lowest BCUT2D eigenvalue weighted by molar-refractivity contribution is -0.345. The molecule has 0 saturated carbocycles. The molecule has 0 aromatic heterocycles. The average Bonchev–Trinajstić information content (AvgIpc) is 2.78. The predicted molar refractivity (Wildman–Crippen MR) is 107 cm³/mol. The van der Waals surface area contributed by atoms with E-state index in [9.17, 15) is 22.0 Å². The van der Waals surface area contributed by atoms with Crippen molar-refractivity contribution in [2.45, 2.75) is 75.2 Å². The fraction of sp³-hybridized carbons (Fsp3) is 0.609. The highest BCUT2D eigenvalue weighted by Gasteiger charge is 2.48. The van der Waals surface area contributed by atoms with Gasteiger partial charge in [0.2, 0.25) is 0 Å². The quantitative estimate of drug-likeness (QED) is 0.361. The fourth-order valence-electron chi connectivity index (χ4n) is 3.80. The van der Waals surface area contributed by atoms with Crippen molar-refractivity contribution in [3.8, 4) is 6.07 Å². The molecule has 182 valence electrons. The smallest absolute Gasteiger partial charge is 0.366 e. The summed E-state index contributed by atoms with van der Waals surface area (Å²) >= 11 is 0. The third-order valence-electron chi connectivity index (χ3n) is 5.61. The van der Waals surface area contributed by atoms with Crippen LogP contribution in [0.1, 0.15) is 43.2 Å². The molecule has 0 spiro atoms. The SMILES string of the molecule is C=CCCc1ccc(C(F)(F)OC2CCC(C(F)(F)OC3CCC(C#N)OC3)OC2)c(F)c1. The van der Waals surface area contributed by atoms with Gasteiger partial charge in [0.15, 0.2) is 0 Å². The number of benzene rings is 1. The highest BCUT2D eigenvalue weighted by atomic mass is 19.3. The van der Waals surface area contributed by atoms with Crippen molar-refractivity contribution in [2.75, 3.05) is 13.2 Å². The van der Waals surface area contributed by atoms with Gasteiger partial charge in [0, 0.05) is 0 Å². The normalized spacial score (nSPS) is 26.5. The number of hydrogen-bond donors (Lipinski definition) is 0. The van der Waals surface area contributed by atoms with Crippen molar-refractivity contribution in [3.63, 3.8) is 0 Å². The van der Waals surface area contributed by atoms with Gasteiger partial charge in [-0.1, -0.05) is 12.1 Å². The maximum absolute atomic E-state index is 14.5. The summed E-state index contributed by atoms with van der Waals surface area (Å²) in [7, 11) is 0. The van der Waals surface area contributed by atoms with Gasteiger partial charge >= 0.3 is 12.2 Å². The summed E-state index contributed by atoms with van der Waals surface area (Å²) in [5.74, 6) is -1.11. The highest BCUT2D eigenvalue weighted by Crippen LogP contribution is 2.38. The molecule has 2 fully saturated rings. The van der Waals surface area contributed by atoms with Crippen LogP contribution in [-0.2, 0) is 31.5 Å². The van der Waals surface area contributed by atoms with E-state index >= 15 is 0 Å². The Hall–Kier alpha value is -2.06. The van der Waals surface area contributed by atoms with Gasteiger partial charge in [-0.25, -0.2) is 4.39 Å². The Bertz CT molecular complexity index is 844. The molecule has 1 aromatic carbocycles. The molecule has 1 aromatic rings. The van der Waals surface area contributed by atoms with E-state index in [4.69, 9.17) is 24.2 Å². The van der Waals surface area contributed by atoms with Crippen LogP contribution >= 0.6 is 0 Å². The molecule has 2 aliphatic heterocycles. The van der Waals surface area contributed by atoms with Crippen LogP contribution in [0.15, 0.2) is 30.9 Å². The molecular formula is C23H26F5NO4. The van der Waals surface area contributed by atoms with E-state index in [0.717, 1.165) is 12.1 Å². The van der Waals surface area contributed by atoms with E-state index in [1.54, 1.807) is 6.08 Å². The Kier molecular flexibility index (Phi) is 8.45. The standard InChI is InChI=1S/C23H26F5NO4/c1-2-3-4-15-5-9-19(20(24)11-15)22(25,26)32-18-8-10-21(31-14-18)23(27,28)33-17-7-6-16(12-29)30-13-17/h2,5,9,11,16-18,21H,1,3-4,6-8,10,13-14H2. The lowest BCUT2D eigenvalue weighted by Gasteiger charge is -2.36. The summed E-state index contributed by atoms with van der Waals surface area (Å²) in [5.41, 5.74) is -0.377. The first kappa shape index (κ1) is 25.6. The van der Waals surface area contributed by atoms with Gasteiger partial charge in [-0.05, 0) is 56.2 Å². The first-order valence-electron chi connectivity index (χ1n) is 10.8. The largest absolute Gasteiger partial charge is 0.386 e. The number of nitriles is 1. The molecule has 5 nitrogen and oxygen atoms in total. The van der Waals surface area contributed by atoms with Crippen LogP contribution in [0.3, 0.4) is 0 Å². The maximum Gasteiger partial charge on any atom is 0.386 e. The minimum atomic E-state index is -3.95. The Morgan fingerprint density at radius 2 is 1.76 bits per heavy atom. The molecule has 33 heavy (non-hydrogen) atoms. The highest BCUT2D eigenvalue weighted by molar-refractivity contribution is 5.27. The minimum Gasteiger partial charge on any atom is -0.366 e. The van der Waals surface area contributed by atoms with E-state index in [1.165, 1.54) is 6.07 Å². The van der Waals surface area contributed by atoms with Crippen LogP contribution in [0.25, 0.3) is 0 Å². The lowest BCUT2D eigenvalue weighted by Crippen LogP contribution is -2.48. The molecule has 0 bridgehead atoms. The van der Waals surface area contributed by atoms with E-state index in [1.807, 2.05) is 6.07 Å². The molecule has 2 aliphatic rings. The number of alkyl halides is 4. The van der Waals surface area contributed by atoms with Gasteiger partial charge in [-0.15, -0.1) is 6.58 Å². The second-order valence-electron chi connectivity index (χ2n) is 8.13. The van der Waals surface area contributed by atoms with E-state index < -0.39 is 54.6 Å². The summed E-state index contributed by atoms with van der Waals surface area (Å²) in [6.07, 6.45) is -9.21. The number of hydrogen-bond acceptors (Lipinski definition) is 5. The maximum atomic E-state index is 14.5. The number of nitrogens with zero attached hydrogens (tertiary/aromatic N) is 1. The summed E-state index contributed by atoms with van der Waals surface area (Å²) in [6.45, 7) is 2.90. The fourth-order valence-corrected chi connectivity index (χ4v) is 3.80. The van der Waals surface area contributed by atoms with Gasteiger partial charge < -0.3 is 18.9 Å². The molecule has 4 atom stereocenters. The summed E-state index contributed by atoms with van der Waals surface area (Å²) in [5, 5.41) is 8.78. The third kappa shape index (κ3) is 6.73. The molecule has 2 saturated heterocycles. The van der Waals surface area contributed by atoms with Crippen molar-refractivity contribution >= 4 is 0 Å². The van der Waals surface area contributed by atoms with E-state index in [-0.39, 0.29) is 32.3 Å². The van der Waals surface area contributed by atoms with Crippen LogP contribution in [0, 0.1) is 17.1 Å². The number of ether oxygens (including phenoxy) is 4. The minimum absolute atomic E-state index is 0.142. The van der Waals surface area contributed by atoms with Crippen LogP contribution in [0.2, 0.25) is 0 Å². The van der Waals surface area contributed by atoms with Crippen molar-refractivity contribution in [1.29, 1.82) is 5.26 Å². The Morgan fingerprint density at radius 3 is 2.33 bits per heavy atom. The van der Waals surface area contributed by atoms with Crippen molar-refractivity contribution in [3.05, 3.63) is 47.8 Å². The predicted octanol–water partition coefficient (Wildman–Crippen LogP) is 5.24. The summed E-state index contributed by atoms with van der Waals surface area (Å²) in [4.78, 5) is 0. The van der Waals surface area contributed by atoms with Crippen LogP contribution in [-0.4, -0.2) is 43.7 Å². The molecular weight excluding hydrogens is 449 g/mol. The topological polar surface area (TPSA) is 60.7 Å². The average molecular weight is 475 g/mol. The molecule has 3 rings (SSSR count). The lowest BCUT2D eigenvalue weighted by atomic mass is 10.0. The molecule has 0 N–H and O–H groups in total. The Labute approximate surface area is 189 Å². The number of allylic oxidation sites excluding steroid dienone is 1. The van der Waals surface area contributed by atoms with E-state index in [2.05, 4.69) is 6.58 Å². The number of aryl methyl sites for hydroxylation is 1. The molecule has 0 amide bonds. The molecule has 0 radical (unpaired) electrons. The first-order chi connectivity index (χ1) is 15.6. The van der Waals surface area contributed by atoms with Crippen molar-refractivity contribution in [2.24, 2.45) is 0 Å². The van der Waals surface area contributed by atoms with E-state index in [0.29, 0.717) is 18.4 Å². The van der Waals surface area contributed by atoms with Crippen molar-refractivity contribution < 1.29 is 40.9 Å². The molecule has 2 heterocycles. The monoisotopic (exact) mass is 475 g/mol. The van der Waals surface area contributed by atoms with Gasteiger partial charge in [0.05, 0.1) is 37.1 Å². The summed E-state index contributed by atoms with van der Waals surface area (Å²) in [6, 6.07) is 5.28. The zero-order valence-electron chi connectivity index (χ0n) is 18.0. The number of rotatable bonds is 9. The molecule has 0 aliphatic carbocycles. The van der Waals surface area contributed by atoms with Crippen LogP contribution in [0.5, 0.6) is 0 Å². The van der Waals surface area contributed by atoms with Gasteiger partial charge in [-0.3, -0.25) is 0 Å².